The lowest BCUT2D eigenvalue weighted by atomic mass is 10.1. The summed E-state index contributed by atoms with van der Waals surface area (Å²) >= 11 is 0. The third-order valence-corrected chi connectivity index (χ3v) is 2.39. The summed E-state index contributed by atoms with van der Waals surface area (Å²) in [5.41, 5.74) is 0. The van der Waals surface area contributed by atoms with Gasteiger partial charge in [0.25, 0.3) is 0 Å². The van der Waals surface area contributed by atoms with E-state index in [1.165, 1.54) is 25.7 Å². The third kappa shape index (κ3) is 4.07. The largest absolute Gasteiger partial charge is 0.390 e. The van der Waals surface area contributed by atoms with Gasteiger partial charge in [-0.1, -0.05) is 39.0 Å². The molecule has 0 saturated carbocycles. The Hall–Kier alpha value is -0.0800. The SMILES string of the molecule is CCCCCCC[C@H](O)[C@@H]1CO1. The molecule has 1 rings (SSSR count). The average Bonchev–Trinajstić information content (AvgIpc) is 2.86. The topological polar surface area (TPSA) is 32.8 Å². The predicted octanol–water partition coefficient (Wildman–Crippen LogP) is 2.11. The van der Waals surface area contributed by atoms with Crippen molar-refractivity contribution < 1.29 is 9.84 Å². The van der Waals surface area contributed by atoms with Crippen molar-refractivity contribution in [1.29, 1.82) is 0 Å². The molecule has 0 aromatic heterocycles. The Morgan fingerprint density at radius 1 is 1.33 bits per heavy atom. The van der Waals surface area contributed by atoms with Gasteiger partial charge in [0.2, 0.25) is 0 Å². The van der Waals surface area contributed by atoms with E-state index in [9.17, 15) is 5.11 Å². The molecular formula is C10H20O2. The van der Waals surface area contributed by atoms with Gasteiger partial charge in [0.05, 0.1) is 12.7 Å². The van der Waals surface area contributed by atoms with Gasteiger partial charge in [-0.25, -0.2) is 0 Å². The van der Waals surface area contributed by atoms with Gasteiger partial charge in [0.15, 0.2) is 0 Å². The first kappa shape index (κ1) is 10.0. The van der Waals surface area contributed by atoms with E-state index in [1.807, 2.05) is 0 Å². The van der Waals surface area contributed by atoms with Crippen LogP contribution in [-0.4, -0.2) is 23.9 Å². The maximum absolute atomic E-state index is 9.42. The number of aliphatic hydroxyl groups is 1. The molecule has 12 heavy (non-hydrogen) atoms. The van der Waals surface area contributed by atoms with Crippen LogP contribution in [0.4, 0.5) is 0 Å². The summed E-state index contributed by atoms with van der Waals surface area (Å²) in [7, 11) is 0. The highest BCUT2D eigenvalue weighted by atomic mass is 16.6. The first-order valence-corrected chi connectivity index (χ1v) is 5.14. The van der Waals surface area contributed by atoms with Crippen molar-refractivity contribution in [2.24, 2.45) is 0 Å². The summed E-state index contributed by atoms with van der Waals surface area (Å²) in [6.45, 7) is 2.99. The zero-order valence-corrected chi connectivity index (χ0v) is 7.96. The molecule has 1 aliphatic heterocycles. The number of hydrogen-bond donors (Lipinski definition) is 1. The van der Waals surface area contributed by atoms with Gasteiger partial charge < -0.3 is 9.84 Å². The van der Waals surface area contributed by atoms with E-state index < -0.39 is 0 Å². The van der Waals surface area contributed by atoms with Gasteiger partial charge in [-0.2, -0.15) is 0 Å². The molecule has 0 spiro atoms. The number of unbranched alkanes of at least 4 members (excludes halogenated alkanes) is 4. The lowest BCUT2D eigenvalue weighted by molar-refractivity contribution is 0.123. The minimum Gasteiger partial charge on any atom is -0.390 e. The molecule has 1 heterocycles. The fraction of sp³-hybridized carbons (Fsp3) is 1.00. The summed E-state index contributed by atoms with van der Waals surface area (Å²) in [5.74, 6) is 0. The lowest BCUT2D eigenvalue weighted by Crippen LogP contribution is -2.13. The van der Waals surface area contributed by atoms with Crippen LogP contribution in [-0.2, 0) is 4.74 Å². The third-order valence-electron chi connectivity index (χ3n) is 2.39. The van der Waals surface area contributed by atoms with E-state index in [0.29, 0.717) is 0 Å². The Morgan fingerprint density at radius 3 is 2.58 bits per heavy atom. The second-order valence-corrected chi connectivity index (χ2v) is 3.64. The lowest BCUT2D eigenvalue weighted by Gasteiger charge is -2.05. The monoisotopic (exact) mass is 172 g/mol. The number of rotatable bonds is 7. The molecule has 72 valence electrons. The molecule has 0 unspecified atom stereocenters. The van der Waals surface area contributed by atoms with Crippen molar-refractivity contribution >= 4 is 0 Å². The molecule has 0 amide bonds. The van der Waals surface area contributed by atoms with Gasteiger partial charge in [-0.05, 0) is 6.42 Å². The van der Waals surface area contributed by atoms with Crippen LogP contribution in [0.5, 0.6) is 0 Å². The number of aliphatic hydroxyl groups excluding tert-OH is 1. The van der Waals surface area contributed by atoms with Crippen LogP contribution in [0.2, 0.25) is 0 Å². The van der Waals surface area contributed by atoms with Crippen molar-refractivity contribution in [2.75, 3.05) is 6.61 Å². The molecule has 1 saturated heterocycles. The van der Waals surface area contributed by atoms with Gasteiger partial charge in [0, 0.05) is 0 Å². The Balaban J connectivity index is 1.81. The zero-order valence-electron chi connectivity index (χ0n) is 7.96. The minimum absolute atomic E-state index is 0.177. The molecule has 2 heteroatoms. The maximum atomic E-state index is 9.42. The van der Waals surface area contributed by atoms with Crippen LogP contribution in [0.1, 0.15) is 45.4 Å². The Kier molecular flexibility index (Phi) is 4.62. The van der Waals surface area contributed by atoms with E-state index in [1.54, 1.807) is 0 Å². The average molecular weight is 172 g/mol. The smallest absolute Gasteiger partial charge is 0.107 e. The molecule has 0 aliphatic carbocycles. The molecule has 0 bridgehead atoms. The van der Waals surface area contributed by atoms with Crippen molar-refractivity contribution in [1.82, 2.24) is 0 Å². The van der Waals surface area contributed by atoms with Gasteiger partial charge in [-0.15, -0.1) is 0 Å². The molecule has 0 aromatic rings. The van der Waals surface area contributed by atoms with Crippen LogP contribution in [0.25, 0.3) is 0 Å². The summed E-state index contributed by atoms with van der Waals surface area (Å²) < 4.78 is 5.00. The van der Waals surface area contributed by atoms with Crippen LogP contribution in [0.15, 0.2) is 0 Å². The molecule has 1 N–H and O–H groups in total. The number of epoxide rings is 1. The fourth-order valence-corrected chi connectivity index (χ4v) is 1.42. The van der Waals surface area contributed by atoms with Crippen LogP contribution in [0.3, 0.4) is 0 Å². The van der Waals surface area contributed by atoms with Crippen molar-refractivity contribution in [3.63, 3.8) is 0 Å². The van der Waals surface area contributed by atoms with Crippen molar-refractivity contribution in [3.05, 3.63) is 0 Å². The van der Waals surface area contributed by atoms with Gasteiger partial charge in [0.1, 0.15) is 6.10 Å². The molecule has 1 fully saturated rings. The van der Waals surface area contributed by atoms with Crippen LogP contribution >= 0.6 is 0 Å². The highest BCUT2D eigenvalue weighted by molar-refractivity contribution is 4.77. The number of ether oxygens (including phenoxy) is 1. The molecule has 2 nitrogen and oxygen atoms in total. The van der Waals surface area contributed by atoms with Gasteiger partial charge >= 0.3 is 0 Å². The Labute approximate surface area is 74.9 Å². The summed E-state index contributed by atoms with van der Waals surface area (Å²) in [4.78, 5) is 0. The zero-order chi connectivity index (χ0) is 8.81. The van der Waals surface area contributed by atoms with E-state index in [0.717, 1.165) is 19.4 Å². The molecule has 0 aromatic carbocycles. The maximum Gasteiger partial charge on any atom is 0.107 e. The summed E-state index contributed by atoms with van der Waals surface area (Å²) in [5, 5.41) is 9.42. The standard InChI is InChI=1S/C10H20O2/c1-2-3-4-5-6-7-9(11)10-8-12-10/h9-11H,2-8H2,1H3/t9-,10-/m0/s1. The number of hydrogen-bond acceptors (Lipinski definition) is 2. The normalized spacial score (nSPS) is 24.0. The first-order chi connectivity index (χ1) is 5.84. The van der Waals surface area contributed by atoms with Crippen molar-refractivity contribution in [3.8, 4) is 0 Å². The van der Waals surface area contributed by atoms with Gasteiger partial charge in [-0.3, -0.25) is 0 Å². The molecule has 1 aliphatic rings. The molecule has 0 radical (unpaired) electrons. The second-order valence-electron chi connectivity index (χ2n) is 3.64. The summed E-state index contributed by atoms with van der Waals surface area (Å²) in [6, 6.07) is 0. The van der Waals surface area contributed by atoms with E-state index in [2.05, 4.69) is 6.92 Å². The van der Waals surface area contributed by atoms with E-state index in [-0.39, 0.29) is 12.2 Å². The van der Waals surface area contributed by atoms with E-state index >= 15 is 0 Å². The van der Waals surface area contributed by atoms with Crippen LogP contribution in [0, 0.1) is 0 Å². The highest BCUT2D eigenvalue weighted by Crippen LogP contribution is 2.18. The second kappa shape index (κ2) is 5.55. The fourth-order valence-electron chi connectivity index (χ4n) is 1.42. The molecule has 2 atom stereocenters. The molecular weight excluding hydrogens is 152 g/mol. The van der Waals surface area contributed by atoms with Crippen LogP contribution < -0.4 is 0 Å². The highest BCUT2D eigenvalue weighted by Gasteiger charge is 2.30. The quantitative estimate of drug-likeness (QED) is 0.471. The Morgan fingerprint density at radius 2 is 2.00 bits per heavy atom. The first-order valence-electron chi connectivity index (χ1n) is 5.14. The van der Waals surface area contributed by atoms with E-state index in [4.69, 9.17) is 4.74 Å². The van der Waals surface area contributed by atoms with Crippen molar-refractivity contribution in [2.45, 2.75) is 57.7 Å². The summed E-state index contributed by atoms with van der Waals surface area (Å²) in [6.07, 6.45) is 7.26. The predicted molar refractivity (Wildman–Crippen MR) is 49.1 cm³/mol. The minimum atomic E-state index is -0.188. The Bertz CT molecular complexity index is 110.